The summed E-state index contributed by atoms with van der Waals surface area (Å²) in [6.45, 7) is 3.77. The first-order valence-electron chi connectivity index (χ1n) is 7.29. The Labute approximate surface area is 148 Å². The van der Waals surface area contributed by atoms with E-state index >= 15 is 0 Å². The number of hydrogen-bond acceptors (Lipinski definition) is 6. The van der Waals surface area contributed by atoms with Gasteiger partial charge in [-0.3, -0.25) is 4.98 Å². The second-order valence-corrected chi connectivity index (χ2v) is 5.25. The highest BCUT2D eigenvalue weighted by molar-refractivity contribution is 6.29. The third kappa shape index (κ3) is 5.02. The number of aromatic nitrogens is 2. The highest BCUT2D eigenvalue weighted by Crippen LogP contribution is 2.27. The summed E-state index contributed by atoms with van der Waals surface area (Å²) in [4.78, 5) is 30.5. The molecule has 130 valence electrons. The number of halogens is 1. The van der Waals surface area contributed by atoms with E-state index in [0.29, 0.717) is 16.9 Å². The first-order valence-corrected chi connectivity index (χ1v) is 7.66. The van der Waals surface area contributed by atoms with E-state index in [4.69, 9.17) is 26.2 Å². The van der Waals surface area contributed by atoms with Crippen LogP contribution < -0.4 is 4.74 Å². The molecule has 1 N–H and O–H groups in total. The van der Waals surface area contributed by atoms with Gasteiger partial charge in [0.05, 0.1) is 18.4 Å². The lowest BCUT2D eigenvalue weighted by Crippen LogP contribution is -2.00. The second-order valence-electron chi connectivity index (χ2n) is 4.86. The molecule has 0 fully saturated rings. The lowest BCUT2D eigenvalue weighted by molar-refractivity contribution is -0.137. The number of carboxylic acids is 1. The van der Waals surface area contributed by atoms with Crippen molar-refractivity contribution in [3.05, 3.63) is 52.4 Å². The van der Waals surface area contributed by atoms with Gasteiger partial charge in [0, 0.05) is 23.9 Å². The molecule has 2 heterocycles. The highest BCUT2D eigenvalue weighted by atomic mass is 35.5. The molecular weight excluding hydrogens is 348 g/mol. The molecule has 2 aromatic heterocycles. The largest absolute Gasteiger partial charge is 0.478 e. The number of carbonyl (C=O) groups is 2. The van der Waals surface area contributed by atoms with Gasteiger partial charge in [0.1, 0.15) is 5.15 Å². The Morgan fingerprint density at radius 2 is 2.08 bits per heavy atom. The van der Waals surface area contributed by atoms with Gasteiger partial charge in [0.2, 0.25) is 5.88 Å². The molecule has 0 aliphatic heterocycles. The first-order chi connectivity index (χ1) is 11.9. The lowest BCUT2D eigenvalue weighted by Gasteiger charge is -2.10. The van der Waals surface area contributed by atoms with Gasteiger partial charge in [-0.15, -0.1) is 0 Å². The van der Waals surface area contributed by atoms with Crippen LogP contribution in [-0.2, 0) is 9.53 Å². The highest BCUT2D eigenvalue weighted by Gasteiger charge is 2.11. The number of aromatic carboxylic acids is 1. The molecule has 0 aliphatic rings. The minimum absolute atomic E-state index is 0.00104. The van der Waals surface area contributed by atoms with E-state index in [-0.39, 0.29) is 23.2 Å². The van der Waals surface area contributed by atoms with Gasteiger partial charge >= 0.3 is 11.9 Å². The molecule has 0 saturated carbocycles. The summed E-state index contributed by atoms with van der Waals surface area (Å²) in [5.74, 6) is -1.22. The fraction of sp³-hybridized carbons (Fsp3) is 0.176. The summed E-state index contributed by atoms with van der Waals surface area (Å²) in [6.07, 6.45) is 5.87. The minimum Gasteiger partial charge on any atom is -0.478 e. The summed E-state index contributed by atoms with van der Waals surface area (Å²) in [7, 11) is 0. The van der Waals surface area contributed by atoms with Crippen molar-refractivity contribution < 1.29 is 24.2 Å². The smallest absolute Gasteiger partial charge is 0.335 e. The van der Waals surface area contributed by atoms with E-state index in [1.165, 1.54) is 24.4 Å². The van der Waals surface area contributed by atoms with Crippen molar-refractivity contribution in [1.82, 2.24) is 9.97 Å². The Kier molecular flexibility index (Phi) is 6.08. The number of hydrogen-bond donors (Lipinski definition) is 1. The molecule has 0 radical (unpaired) electrons. The number of esters is 1. The number of rotatable bonds is 6. The quantitative estimate of drug-likeness (QED) is 0.477. The maximum atomic E-state index is 11.4. The van der Waals surface area contributed by atoms with E-state index in [1.807, 2.05) is 0 Å². The van der Waals surface area contributed by atoms with Crippen molar-refractivity contribution in [3.8, 4) is 11.6 Å². The predicted octanol–water partition coefficient (Wildman–Crippen LogP) is 3.51. The molecule has 0 aliphatic carbocycles. The average molecular weight is 363 g/mol. The van der Waals surface area contributed by atoms with Gasteiger partial charge in [-0.2, -0.15) is 0 Å². The zero-order valence-corrected chi connectivity index (χ0v) is 14.3. The van der Waals surface area contributed by atoms with Crippen LogP contribution in [0.2, 0.25) is 5.15 Å². The van der Waals surface area contributed by atoms with Gasteiger partial charge in [-0.25, -0.2) is 14.6 Å². The molecule has 7 nitrogen and oxygen atoms in total. The molecule has 0 bridgehead atoms. The standard InChI is InChI=1S/C17H15ClN2O5/c1-3-24-16(21)5-4-11-8-19-9-13(10(11)2)25-15-7-12(17(22)23)6-14(18)20-15/h4-9H,3H2,1-2H3,(H,22,23)/b5-4+. The molecule has 0 amide bonds. The van der Waals surface area contributed by atoms with E-state index in [0.717, 1.165) is 0 Å². The van der Waals surface area contributed by atoms with Gasteiger partial charge < -0.3 is 14.6 Å². The Hall–Kier alpha value is -2.93. The zero-order valence-electron chi connectivity index (χ0n) is 13.5. The molecule has 2 rings (SSSR count). The van der Waals surface area contributed by atoms with Crippen LogP contribution in [0.4, 0.5) is 0 Å². The molecule has 0 atom stereocenters. The number of carboxylic acid groups (broad SMARTS) is 1. The van der Waals surface area contributed by atoms with Gasteiger partial charge in [-0.1, -0.05) is 11.6 Å². The van der Waals surface area contributed by atoms with E-state index in [9.17, 15) is 9.59 Å². The normalized spacial score (nSPS) is 10.7. The molecule has 25 heavy (non-hydrogen) atoms. The van der Waals surface area contributed by atoms with Crippen molar-refractivity contribution in [2.75, 3.05) is 6.61 Å². The first kappa shape index (κ1) is 18.4. The Bertz CT molecular complexity index is 836. The van der Waals surface area contributed by atoms with E-state index < -0.39 is 11.9 Å². The van der Waals surface area contributed by atoms with Crippen LogP contribution in [0.15, 0.2) is 30.6 Å². The van der Waals surface area contributed by atoms with Crippen molar-refractivity contribution in [2.45, 2.75) is 13.8 Å². The summed E-state index contributed by atoms with van der Waals surface area (Å²) in [5, 5.41) is 9.06. The maximum absolute atomic E-state index is 11.4. The molecule has 0 saturated heterocycles. The maximum Gasteiger partial charge on any atom is 0.335 e. The molecule has 0 aromatic carbocycles. The molecule has 0 spiro atoms. The Balaban J connectivity index is 2.28. The molecular formula is C17H15ClN2O5. The summed E-state index contributed by atoms with van der Waals surface area (Å²) in [6, 6.07) is 2.48. The lowest BCUT2D eigenvalue weighted by atomic mass is 10.1. The van der Waals surface area contributed by atoms with Crippen LogP contribution >= 0.6 is 11.6 Å². The third-order valence-electron chi connectivity index (χ3n) is 3.13. The van der Waals surface area contributed by atoms with Crippen LogP contribution in [0.5, 0.6) is 11.6 Å². The number of pyridine rings is 2. The van der Waals surface area contributed by atoms with Crippen LogP contribution in [0.1, 0.15) is 28.4 Å². The van der Waals surface area contributed by atoms with Gasteiger partial charge in [0.25, 0.3) is 0 Å². The third-order valence-corrected chi connectivity index (χ3v) is 3.32. The SMILES string of the molecule is CCOC(=O)/C=C/c1cncc(Oc2cc(C(=O)O)cc(Cl)n2)c1C. The summed E-state index contributed by atoms with van der Waals surface area (Å²) >= 11 is 5.81. The number of carbonyl (C=O) groups excluding carboxylic acids is 1. The Morgan fingerprint density at radius 3 is 2.76 bits per heavy atom. The predicted molar refractivity (Wildman–Crippen MR) is 90.9 cm³/mol. The summed E-state index contributed by atoms with van der Waals surface area (Å²) < 4.78 is 10.4. The van der Waals surface area contributed by atoms with Gasteiger partial charge in [0.15, 0.2) is 5.75 Å². The number of nitrogens with zero attached hydrogens (tertiary/aromatic N) is 2. The fourth-order valence-electron chi connectivity index (χ4n) is 1.90. The van der Waals surface area contributed by atoms with Crippen LogP contribution in [0.3, 0.4) is 0 Å². The van der Waals surface area contributed by atoms with Crippen molar-refractivity contribution >= 4 is 29.6 Å². The molecule has 2 aromatic rings. The van der Waals surface area contributed by atoms with Crippen LogP contribution in [-0.4, -0.2) is 33.6 Å². The fourth-order valence-corrected chi connectivity index (χ4v) is 2.10. The topological polar surface area (TPSA) is 98.6 Å². The van der Waals surface area contributed by atoms with Crippen molar-refractivity contribution in [2.24, 2.45) is 0 Å². The Morgan fingerprint density at radius 1 is 1.32 bits per heavy atom. The molecule has 8 heteroatoms. The van der Waals surface area contributed by atoms with Gasteiger partial charge in [-0.05, 0) is 31.6 Å². The zero-order chi connectivity index (χ0) is 18.4. The minimum atomic E-state index is -1.14. The summed E-state index contributed by atoms with van der Waals surface area (Å²) in [5.41, 5.74) is 1.29. The van der Waals surface area contributed by atoms with Crippen molar-refractivity contribution in [1.29, 1.82) is 0 Å². The van der Waals surface area contributed by atoms with Crippen LogP contribution in [0, 0.1) is 6.92 Å². The van der Waals surface area contributed by atoms with Crippen molar-refractivity contribution in [3.63, 3.8) is 0 Å². The number of ether oxygens (including phenoxy) is 2. The van der Waals surface area contributed by atoms with Crippen LogP contribution in [0.25, 0.3) is 6.08 Å². The molecule has 0 unspecified atom stereocenters. The van der Waals surface area contributed by atoms with E-state index in [2.05, 4.69) is 9.97 Å². The van der Waals surface area contributed by atoms with E-state index in [1.54, 1.807) is 26.1 Å². The average Bonchev–Trinajstić information content (AvgIpc) is 2.55. The second kappa shape index (κ2) is 8.25. The monoisotopic (exact) mass is 362 g/mol.